The first-order valence-electron chi connectivity index (χ1n) is 5.11. The summed E-state index contributed by atoms with van der Waals surface area (Å²) >= 11 is 1.79. The van der Waals surface area contributed by atoms with Crippen LogP contribution in [0.5, 0.6) is 0 Å². The molecule has 0 aliphatic carbocycles. The molecule has 1 rings (SSSR count). The highest BCUT2D eigenvalue weighted by atomic mass is 32.2. The van der Waals surface area contributed by atoms with E-state index in [0.717, 1.165) is 18.1 Å². The third-order valence-electron chi connectivity index (χ3n) is 2.00. The number of hydrogen-bond acceptors (Lipinski definition) is 3. The van der Waals surface area contributed by atoms with Crippen molar-refractivity contribution in [2.45, 2.75) is 18.7 Å². The summed E-state index contributed by atoms with van der Waals surface area (Å²) in [6.07, 6.45) is 0. The van der Waals surface area contributed by atoms with Crippen LogP contribution in [0.4, 0.5) is 0 Å². The zero-order valence-corrected chi connectivity index (χ0v) is 9.76. The zero-order valence-electron chi connectivity index (χ0n) is 8.94. The molecule has 0 heterocycles. The van der Waals surface area contributed by atoms with Crippen molar-refractivity contribution in [3.63, 3.8) is 0 Å². The highest BCUT2D eigenvalue weighted by molar-refractivity contribution is 7.98. The van der Waals surface area contributed by atoms with E-state index in [9.17, 15) is 0 Å². The van der Waals surface area contributed by atoms with Crippen LogP contribution in [0.15, 0.2) is 30.3 Å². The first-order chi connectivity index (χ1) is 7.36. The van der Waals surface area contributed by atoms with Gasteiger partial charge in [-0.25, -0.2) is 0 Å². The molecule has 1 N–H and O–H groups in total. The third kappa shape index (κ3) is 4.87. The van der Waals surface area contributed by atoms with Gasteiger partial charge in [0.15, 0.2) is 0 Å². The molecule has 1 atom stereocenters. The highest BCUT2D eigenvalue weighted by Gasteiger charge is 2.04. The second-order valence-electron chi connectivity index (χ2n) is 3.24. The first kappa shape index (κ1) is 12.1. The van der Waals surface area contributed by atoms with Gasteiger partial charge in [-0.1, -0.05) is 37.3 Å². The molecule has 0 aliphatic heterocycles. The molecule has 80 valence electrons. The van der Waals surface area contributed by atoms with Crippen LogP contribution in [-0.4, -0.2) is 18.3 Å². The Hall–Kier alpha value is -0.980. The third-order valence-corrected chi connectivity index (χ3v) is 3.11. The van der Waals surface area contributed by atoms with Crippen molar-refractivity contribution in [3.8, 4) is 6.07 Å². The Morgan fingerprint density at radius 1 is 1.40 bits per heavy atom. The fraction of sp³-hybridized carbons (Fsp3) is 0.417. The summed E-state index contributed by atoms with van der Waals surface area (Å²) in [5, 5.41) is 12.0. The fourth-order valence-electron chi connectivity index (χ4n) is 1.26. The van der Waals surface area contributed by atoms with E-state index in [2.05, 4.69) is 23.5 Å². The first-order valence-corrected chi connectivity index (χ1v) is 6.27. The molecule has 0 fully saturated rings. The Morgan fingerprint density at radius 2 is 2.13 bits per heavy atom. The monoisotopic (exact) mass is 220 g/mol. The van der Waals surface area contributed by atoms with Crippen molar-refractivity contribution >= 4 is 11.8 Å². The SMILES string of the molecule is CCNC(C#N)CSCc1ccccc1. The topological polar surface area (TPSA) is 35.8 Å². The van der Waals surface area contributed by atoms with E-state index in [1.54, 1.807) is 11.8 Å². The fourth-order valence-corrected chi connectivity index (χ4v) is 2.23. The number of nitriles is 1. The van der Waals surface area contributed by atoms with Crippen molar-refractivity contribution < 1.29 is 0 Å². The Morgan fingerprint density at radius 3 is 2.73 bits per heavy atom. The second-order valence-corrected chi connectivity index (χ2v) is 4.27. The van der Waals surface area contributed by atoms with Crippen molar-refractivity contribution in [2.24, 2.45) is 0 Å². The quantitative estimate of drug-likeness (QED) is 0.799. The lowest BCUT2D eigenvalue weighted by Crippen LogP contribution is -2.29. The standard InChI is InChI=1S/C12H16N2S/c1-2-14-12(8-13)10-15-9-11-6-4-3-5-7-11/h3-7,12,14H,2,9-10H2,1H3. The van der Waals surface area contributed by atoms with Crippen molar-refractivity contribution in [1.29, 1.82) is 5.26 Å². The number of rotatable bonds is 6. The second kappa shape index (κ2) is 7.33. The maximum absolute atomic E-state index is 8.83. The summed E-state index contributed by atoms with van der Waals surface area (Å²) in [7, 11) is 0. The molecule has 0 bridgehead atoms. The highest BCUT2D eigenvalue weighted by Crippen LogP contribution is 2.12. The minimum absolute atomic E-state index is 0.0243. The van der Waals surface area contributed by atoms with Crippen LogP contribution in [0.1, 0.15) is 12.5 Å². The summed E-state index contributed by atoms with van der Waals surface area (Å²) in [5.74, 6) is 1.82. The molecule has 0 saturated heterocycles. The molecule has 0 aliphatic rings. The lowest BCUT2D eigenvalue weighted by Gasteiger charge is -2.08. The Balaban J connectivity index is 2.24. The van der Waals surface area contributed by atoms with Crippen LogP contribution >= 0.6 is 11.8 Å². The number of nitrogens with zero attached hydrogens (tertiary/aromatic N) is 1. The molecule has 1 aromatic carbocycles. The maximum Gasteiger partial charge on any atom is 0.104 e. The molecule has 0 spiro atoms. The summed E-state index contributed by atoms with van der Waals surface area (Å²) in [4.78, 5) is 0. The molecule has 0 radical (unpaired) electrons. The molecular formula is C12H16N2S. The molecule has 15 heavy (non-hydrogen) atoms. The lowest BCUT2D eigenvalue weighted by molar-refractivity contribution is 0.677. The predicted octanol–water partition coefficient (Wildman–Crippen LogP) is 2.42. The van der Waals surface area contributed by atoms with Crippen molar-refractivity contribution in [1.82, 2.24) is 5.32 Å². The smallest absolute Gasteiger partial charge is 0.104 e. The molecule has 0 saturated carbocycles. The van der Waals surface area contributed by atoms with Gasteiger partial charge in [-0.15, -0.1) is 0 Å². The molecule has 2 nitrogen and oxygen atoms in total. The Bertz CT molecular complexity index is 305. The minimum atomic E-state index is -0.0243. The van der Waals surface area contributed by atoms with Gasteiger partial charge in [0, 0.05) is 11.5 Å². The van der Waals surface area contributed by atoms with Crippen LogP contribution in [0.3, 0.4) is 0 Å². The normalized spacial score (nSPS) is 12.0. The summed E-state index contributed by atoms with van der Waals surface area (Å²) in [6.45, 7) is 2.87. The van der Waals surface area contributed by atoms with Gasteiger partial charge >= 0.3 is 0 Å². The van der Waals surface area contributed by atoms with Crippen LogP contribution in [0.2, 0.25) is 0 Å². The molecule has 1 unspecified atom stereocenters. The lowest BCUT2D eigenvalue weighted by atomic mass is 10.2. The largest absolute Gasteiger partial charge is 0.302 e. The minimum Gasteiger partial charge on any atom is -0.302 e. The van der Waals surface area contributed by atoms with Crippen LogP contribution in [-0.2, 0) is 5.75 Å². The zero-order chi connectivity index (χ0) is 10.9. The average Bonchev–Trinajstić information content (AvgIpc) is 2.29. The summed E-state index contributed by atoms with van der Waals surface area (Å²) in [6, 6.07) is 12.6. The van der Waals surface area contributed by atoms with Gasteiger partial charge in [0.1, 0.15) is 6.04 Å². The van der Waals surface area contributed by atoms with Crippen LogP contribution in [0, 0.1) is 11.3 Å². The molecular weight excluding hydrogens is 204 g/mol. The van der Waals surface area contributed by atoms with Gasteiger partial charge in [0.2, 0.25) is 0 Å². The Labute approximate surface area is 95.7 Å². The van der Waals surface area contributed by atoms with Crippen LogP contribution in [0.25, 0.3) is 0 Å². The summed E-state index contributed by atoms with van der Waals surface area (Å²) < 4.78 is 0. The molecule has 1 aromatic rings. The van der Waals surface area contributed by atoms with E-state index in [0.29, 0.717) is 0 Å². The van der Waals surface area contributed by atoms with E-state index < -0.39 is 0 Å². The molecule has 0 amide bonds. The van der Waals surface area contributed by atoms with Gasteiger partial charge in [-0.3, -0.25) is 0 Å². The number of benzene rings is 1. The molecule has 0 aromatic heterocycles. The predicted molar refractivity (Wildman–Crippen MR) is 65.7 cm³/mol. The van der Waals surface area contributed by atoms with E-state index in [4.69, 9.17) is 5.26 Å². The Kier molecular flexibility index (Phi) is 5.91. The van der Waals surface area contributed by atoms with Gasteiger partial charge in [0.25, 0.3) is 0 Å². The van der Waals surface area contributed by atoms with E-state index in [1.807, 2.05) is 25.1 Å². The van der Waals surface area contributed by atoms with Gasteiger partial charge in [-0.05, 0) is 12.1 Å². The van der Waals surface area contributed by atoms with Crippen LogP contribution < -0.4 is 5.32 Å². The summed E-state index contributed by atoms with van der Waals surface area (Å²) in [5.41, 5.74) is 1.32. The van der Waals surface area contributed by atoms with Gasteiger partial charge in [0.05, 0.1) is 6.07 Å². The van der Waals surface area contributed by atoms with E-state index in [-0.39, 0.29) is 6.04 Å². The average molecular weight is 220 g/mol. The van der Waals surface area contributed by atoms with Gasteiger partial charge < -0.3 is 5.32 Å². The van der Waals surface area contributed by atoms with Crippen molar-refractivity contribution in [2.75, 3.05) is 12.3 Å². The van der Waals surface area contributed by atoms with Crippen molar-refractivity contribution in [3.05, 3.63) is 35.9 Å². The number of nitrogens with one attached hydrogen (secondary N) is 1. The maximum atomic E-state index is 8.83. The molecule has 3 heteroatoms. The number of thioether (sulfide) groups is 1. The number of hydrogen-bond donors (Lipinski definition) is 1. The van der Waals surface area contributed by atoms with E-state index >= 15 is 0 Å². The van der Waals surface area contributed by atoms with E-state index in [1.165, 1.54) is 5.56 Å². The van der Waals surface area contributed by atoms with Gasteiger partial charge in [-0.2, -0.15) is 17.0 Å².